The molecule has 7 aromatic carbocycles. The van der Waals surface area contributed by atoms with Crippen LogP contribution < -0.4 is 4.90 Å². The van der Waals surface area contributed by atoms with E-state index in [1.165, 1.54) is 53.2 Å². The lowest BCUT2D eigenvalue weighted by Crippen LogP contribution is -2.09. The van der Waals surface area contributed by atoms with Gasteiger partial charge in [-0.05, 0) is 87.6 Å². The van der Waals surface area contributed by atoms with Crippen LogP contribution in [0.1, 0.15) is 0 Å². The molecule has 0 saturated heterocycles. The first-order valence-corrected chi connectivity index (χ1v) is 15.1. The molecule has 0 spiro atoms. The Hall–Kier alpha value is -5.18. The smallest absolute Gasteiger partial charge is 0.0468 e. The lowest BCUT2D eigenvalue weighted by molar-refractivity contribution is 1.30. The molecule has 1 heterocycles. The van der Waals surface area contributed by atoms with Crippen molar-refractivity contribution >= 4 is 59.3 Å². The van der Waals surface area contributed by atoms with Gasteiger partial charge >= 0.3 is 0 Å². The zero-order valence-electron chi connectivity index (χ0n) is 22.9. The summed E-state index contributed by atoms with van der Waals surface area (Å²) in [5.74, 6) is 0. The molecule has 0 aliphatic rings. The largest absolute Gasteiger partial charge is 0.310 e. The summed E-state index contributed by atoms with van der Waals surface area (Å²) in [4.78, 5) is 2.38. The standard InChI is InChI=1S/C40H27NS/c1-2-9-28(10-3-1)31-13-8-14-32(25-31)30-17-20-34(21-18-30)41(35-22-19-29-11-4-5-12-33(29)26-35)36-23-24-40-38(27-36)37-15-6-7-16-39(37)42-40/h1-27H. The Labute approximate surface area is 249 Å². The maximum Gasteiger partial charge on any atom is 0.0468 e. The van der Waals surface area contributed by atoms with Gasteiger partial charge in [-0.2, -0.15) is 0 Å². The number of rotatable bonds is 5. The van der Waals surface area contributed by atoms with Crippen LogP contribution in [0.25, 0.3) is 53.2 Å². The molecule has 0 amide bonds. The van der Waals surface area contributed by atoms with E-state index in [0.29, 0.717) is 0 Å². The second-order valence-electron chi connectivity index (χ2n) is 10.6. The Kier molecular flexibility index (Phi) is 6.05. The maximum absolute atomic E-state index is 2.38. The van der Waals surface area contributed by atoms with Gasteiger partial charge in [0.1, 0.15) is 0 Å². The molecule has 0 unspecified atom stereocenters. The van der Waals surface area contributed by atoms with E-state index in [0.717, 1.165) is 17.1 Å². The molecule has 0 aliphatic heterocycles. The topological polar surface area (TPSA) is 3.24 Å². The predicted molar refractivity (Wildman–Crippen MR) is 182 cm³/mol. The summed E-state index contributed by atoms with van der Waals surface area (Å²) in [6.07, 6.45) is 0. The summed E-state index contributed by atoms with van der Waals surface area (Å²) in [5, 5.41) is 5.09. The zero-order chi connectivity index (χ0) is 27.9. The van der Waals surface area contributed by atoms with Crippen LogP contribution in [0.3, 0.4) is 0 Å². The van der Waals surface area contributed by atoms with Gasteiger partial charge in [0.15, 0.2) is 0 Å². The molecule has 0 saturated carbocycles. The molecular formula is C40H27NS. The molecule has 8 aromatic rings. The van der Waals surface area contributed by atoms with Crippen molar-refractivity contribution in [3.05, 3.63) is 164 Å². The minimum atomic E-state index is 1.13. The van der Waals surface area contributed by atoms with Crippen LogP contribution in [0.5, 0.6) is 0 Å². The highest BCUT2D eigenvalue weighted by Gasteiger charge is 2.16. The lowest BCUT2D eigenvalue weighted by Gasteiger charge is -2.26. The third kappa shape index (κ3) is 4.43. The van der Waals surface area contributed by atoms with Crippen LogP contribution in [0, 0.1) is 0 Å². The van der Waals surface area contributed by atoms with E-state index in [1.807, 2.05) is 11.3 Å². The molecule has 1 nitrogen and oxygen atoms in total. The van der Waals surface area contributed by atoms with Crippen molar-refractivity contribution in [1.82, 2.24) is 0 Å². The first-order valence-electron chi connectivity index (χ1n) is 14.3. The molecule has 1 aromatic heterocycles. The van der Waals surface area contributed by atoms with Gasteiger partial charge in [-0.25, -0.2) is 0 Å². The first kappa shape index (κ1) is 24.6. The number of anilines is 3. The second kappa shape index (κ2) is 10.3. The number of thiophene rings is 1. The van der Waals surface area contributed by atoms with Crippen LogP contribution in [0.2, 0.25) is 0 Å². The van der Waals surface area contributed by atoms with Crippen molar-refractivity contribution in [3.8, 4) is 22.3 Å². The van der Waals surface area contributed by atoms with Gasteiger partial charge in [0.05, 0.1) is 0 Å². The van der Waals surface area contributed by atoms with Gasteiger partial charge in [-0.15, -0.1) is 11.3 Å². The molecule has 8 rings (SSSR count). The molecule has 0 N–H and O–H groups in total. The predicted octanol–water partition coefficient (Wildman–Crippen LogP) is 12.0. The van der Waals surface area contributed by atoms with Gasteiger partial charge in [-0.1, -0.05) is 109 Å². The third-order valence-corrected chi connectivity index (χ3v) is 9.19. The molecule has 0 aliphatic carbocycles. The maximum atomic E-state index is 2.38. The Bertz CT molecular complexity index is 2190. The first-order chi connectivity index (χ1) is 20.8. The Balaban J connectivity index is 1.24. The number of nitrogens with zero attached hydrogens (tertiary/aromatic N) is 1. The van der Waals surface area contributed by atoms with Crippen molar-refractivity contribution in [2.75, 3.05) is 4.90 Å². The monoisotopic (exact) mass is 553 g/mol. The molecule has 0 radical (unpaired) electrons. The highest BCUT2D eigenvalue weighted by molar-refractivity contribution is 7.25. The number of hydrogen-bond acceptors (Lipinski definition) is 2. The van der Waals surface area contributed by atoms with Crippen LogP contribution in [-0.4, -0.2) is 0 Å². The van der Waals surface area contributed by atoms with Crippen LogP contribution in [0.4, 0.5) is 17.1 Å². The van der Waals surface area contributed by atoms with E-state index in [1.54, 1.807) is 0 Å². The normalized spacial score (nSPS) is 11.3. The fourth-order valence-electron chi connectivity index (χ4n) is 5.93. The summed E-state index contributed by atoms with van der Waals surface area (Å²) < 4.78 is 2.64. The van der Waals surface area contributed by atoms with Crippen molar-refractivity contribution in [1.29, 1.82) is 0 Å². The van der Waals surface area contributed by atoms with E-state index >= 15 is 0 Å². The Morgan fingerprint density at radius 2 is 0.929 bits per heavy atom. The molecule has 198 valence electrons. The summed E-state index contributed by atoms with van der Waals surface area (Å²) in [6.45, 7) is 0. The van der Waals surface area contributed by atoms with Crippen molar-refractivity contribution in [2.24, 2.45) is 0 Å². The third-order valence-electron chi connectivity index (χ3n) is 8.04. The van der Waals surface area contributed by atoms with E-state index in [2.05, 4.69) is 169 Å². The quantitative estimate of drug-likeness (QED) is 0.205. The molecule has 0 bridgehead atoms. The SMILES string of the molecule is c1ccc(-c2cccc(-c3ccc(N(c4ccc5ccccc5c4)c4ccc5sc6ccccc6c5c4)cc3)c2)cc1. The lowest BCUT2D eigenvalue weighted by atomic mass is 9.99. The molecule has 0 atom stereocenters. The average molecular weight is 554 g/mol. The number of fused-ring (bicyclic) bond motifs is 4. The van der Waals surface area contributed by atoms with Crippen LogP contribution in [-0.2, 0) is 0 Å². The second-order valence-corrected chi connectivity index (χ2v) is 11.7. The molecule has 42 heavy (non-hydrogen) atoms. The molecule has 2 heteroatoms. The van der Waals surface area contributed by atoms with E-state index in [-0.39, 0.29) is 0 Å². The minimum Gasteiger partial charge on any atom is -0.310 e. The Morgan fingerprint density at radius 3 is 1.76 bits per heavy atom. The highest BCUT2D eigenvalue weighted by Crippen LogP contribution is 2.41. The van der Waals surface area contributed by atoms with Gasteiger partial charge in [0.2, 0.25) is 0 Å². The highest BCUT2D eigenvalue weighted by atomic mass is 32.1. The fraction of sp³-hybridized carbons (Fsp3) is 0. The van der Waals surface area contributed by atoms with E-state index in [4.69, 9.17) is 0 Å². The summed E-state index contributed by atoms with van der Waals surface area (Å²) >= 11 is 1.86. The van der Waals surface area contributed by atoms with E-state index < -0.39 is 0 Å². The van der Waals surface area contributed by atoms with Crippen molar-refractivity contribution in [3.63, 3.8) is 0 Å². The molecular weight excluding hydrogens is 527 g/mol. The van der Waals surface area contributed by atoms with Gasteiger partial charge in [-0.3, -0.25) is 0 Å². The van der Waals surface area contributed by atoms with Crippen LogP contribution in [0.15, 0.2) is 164 Å². The number of hydrogen-bond donors (Lipinski definition) is 0. The zero-order valence-corrected chi connectivity index (χ0v) is 23.8. The average Bonchev–Trinajstić information content (AvgIpc) is 3.44. The van der Waals surface area contributed by atoms with Crippen molar-refractivity contribution in [2.45, 2.75) is 0 Å². The van der Waals surface area contributed by atoms with Gasteiger partial charge < -0.3 is 4.90 Å². The van der Waals surface area contributed by atoms with Gasteiger partial charge in [0.25, 0.3) is 0 Å². The van der Waals surface area contributed by atoms with E-state index in [9.17, 15) is 0 Å². The minimum absolute atomic E-state index is 1.13. The Morgan fingerprint density at radius 1 is 0.333 bits per heavy atom. The van der Waals surface area contributed by atoms with Gasteiger partial charge in [0, 0.05) is 37.2 Å². The van der Waals surface area contributed by atoms with Crippen LogP contribution >= 0.6 is 11.3 Å². The van der Waals surface area contributed by atoms with Crippen molar-refractivity contribution < 1.29 is 0 Å². The summed E-state index contributed by atoms with van der Waals surface area (Å²) in [7, 11) is 0. The summed E-state index contributed by atoms with van der Waals surface area (Å²) in [6, 6.07) is 59.2. The fourth-order valence-corrected chi connectivity index (χ4v) is 7.01. The molecule has 0 fully saturated rings. The number of benzene rings is 7. The summed E-state index contributed by atoms with van der Waals surface area (Å²) in [5.41, 5.74) is 8.31.